The molecular weight excluding hydrogens is 184 g/mol. The maximum atomic E-state index is 5.90. The van der Waals surface area contributed by atoms with E-state index in [9.17, 15) is 0 Å². The van der Waals surface area contributed by atoms with Crippen molar-refractivity contribution in [2.75, 3.05) is 0 Å². The topological polar surface area (TPSA) is 9.23 Å². The van der Waals surface area contributed by atoms with E-state index in [-0.39, 0.29) is 6.10 Å². The van der Waals surface area contributed by atoms with Crippen LogP contribution >= 0.6 is 0 Å². The van der Waals surface area contributed by atoms with E-state index < -0.39 is 0 Å². The van der Waals surface area contributed by atoms with Crippen LogP contribution in [0.2, 0.25) is 0 Å². The fourth-order valence-electron chi connectivity index (χ4n) is 1.90. The predicted molar refractivity (Wildman–Crippen MR) is 63.1 cm³/mol. The Morgan fingerprint density at radius 1 is 1.00 bits per heavy atom. The van der Waals surface area contributed by atoms with Crippen LogP contribution in [0.3, 0.4) is 0 Å². The Morgan fingerprint density at radius 2 is 1.87 bits per heavy atom. The van der Waals surface area contributed by atoms with Gasteiger partial charge in [-0.3, -0.25) is 0 Å². The lowest BCUT2D eigenvalue weighted by molar-refractivity contribution is 0.231. The smallest absolute Gasteiger partial charge is 0.120 e. The SMILES string of the molecule is C1=CC(Oc2ccccc2)CCCCC1. The average Bonchev–Trinajstić information content (AvgIpc) is 2.23. The summed E-state index contributed by atoms with van der Waals surface area (Å²) in [4.78, 5) is 0. The highest BCUT2D eigenvalue weighted by atomic mass is 16.5. The molecule has 1 atom stereocenters. The zero-order valence-electron chi connectivity index (χ0n) is 9.06. The summed E-state index contributed by atoms with van der Waals surface area (Å²) < 4.78 is 5.90. The first kappa shape index (κ1) is 10.3. The molecule has 0 spiro atoms. The van der Waals surface area contributed by atoms with Crippen molar-refractivity contribution in [1.82, 2.24) is 0 Å². The lowest BCUT2D eigenvalue weighted by Gasteiger charge is -2.17. The van der Waals surface area contributed by atoms with Gasteiger partial charge in [0.25, 0.3) is 0 Å². The Hall–Kier alpha value is -1.24. The molecule has 2 rings (SSSR count). The van der Waals surface area contributed by atoms with Crippen LogP contribution in [-0.4, -0.2) is 6.10 Å². The van der Waals surface area contributed by atoms with E-state index >= 15 is 0 Å². The molecule has 0 radical (unpaired) electrons. The van der Waals surface area contributed by atoms with Gasteiger partial charge in [0.05, 0.1) is 0 Å². The minimum Gasteiger partial charge on any atom is -0.486 e. The molecule has 0 aliphatic heterocycles. The number of benzene rings is 1. The molecular formula is C14H18O. The second-order valence-electron chi connectivity index (χ2n) is 4.04. The molecule has 1 aromatic rings. The van der Waals surface area contributed by atoms with Crippen molar-refractivity contribution >= 4 is 0 Å². The zero-order valence-corrected chi connectivity index (χ0v) is 9.06. The molecule has 15 heavy (non-hydrogen) atoms. The van der Waals surface area contributed by atoms with Crippen LogP contribution < -0.4 is 4.74 Å². The Kier molecular flexibility index (Phi) is 3.84. The molecule has 1 unspecified atom stereocenters. The van der Waals surface area contributed by atoms with E-state index in [4.69, 9.17) is 4.74 Å². The summed E-state index contributed by atoms with van der Waals surface area (Å²) in [5.41, 5.74) is 0. The monoisotopic (exact) mass is 202 g/mol. The van der Waals surface area contributed by atoms with Gasteiger partial charge in [0.1, 0.15) is 11.9 Å². The minimum atomic E-state index is 0.271. The molecule has 0 saturated carbocycles. The van der Waals surface area contributed by atoms with Gasteiger partial charge in [0.2, 0.25) is 0 Å². The van der Waals surface area contributed by atoms with E-state index in [1.54, 1.807) is 0 Å². The van der Waals surface area contributed by atoms with Crippen LogP contribution in [0.4, 0.5) is 0 Å². The van der Waals surface area contributed by atoms with Gasteiger partial charge in [-0.05, 0) is 43.9 Å². The van der Waals surface area contributed by atoms with Crippen LogP contribution in [0.1, 0.15) is 32.1 Å². The van der Waals surface area contributed by atoms with E-state index in [0.717, 1.165) is 12.2 Å². The summed E-state index contributed by atoms with van der Waals surface area (Å²) in [6, 6.07) is 10.1. The third-order valence-electron chi connectivity index (χ3n) is 2.74. The van der Waals surface area contributed by atoms with Gasteiger partial charge in [0, 0.05) is 0 Å². The number of ether oxygens (including phenoxy) is 1. The van der Waals surface area contributed by atoms with Crippen LogP contribution in [0.25, 0.3) is 0 Å². The van der Waals surface area contributed by atoms with Crippen LogP contribution in [0, 0.1) is 0 Å². The number of para-hydroxylation sites is 1. The molecule has 0 N–H and O–H groups in total. The molecule has 1 aliphatic carbocycles. The second kappa shape index (κ2) is 5.59. The lowest BCUT2D eigenvalue weighted by Crippen LogP contribution is -2.14. The highest BCUT2D eigenvalue weighted by molar-refractivity contribution is 5.21. The minimum absolute atomic E-state index is 0.271. The van der Waals surface area contributed by atoms with Crippen LogP contribution in [-0.2, 0) is 0 Å². The molecule has 0 heterocycles. The van der Waals surface area contributed by atoms with Gasteiger partial charge in [-0.1, -0.05) is 30.7 Å². The van der Waals surface area contributed by atoms with E-state index in [2.05, 4.69) is 12.2 Å². The molecule has 0 bridgehead atoms. The Balaban J connectivity index is 1.95. The summed E-state index contributed by atoms with van der Waals surface area (Å²) >= 11 is 0. The standard InChI is InChI=1S/C14H18O/c1-2-5-9-13(10-6-3-1)15-14-11-7-4-8-12-14/h4-5,7-9,11-13H,1-3,6,10H2. The van der Waals surface area contributed by atoms with Gasteiger partial charge in [-0.15, -0.1) is 0 Å². The highest BCUT2D eigenvalue weighted by Crippen LogP contribution is 2.18. The molecule has 0 amide bonds. The number of allylic oxidation sites excluding steroid dienone is 1. The fraction of sp³-hybridized carbons (Fsp3) is 0.429. The molecule has 0 saturated heterocycles. The van der Waals surface area contributed by atoms with Crippen molar-refractivity contribution in [2.45, 2.75) is 38.2 Å². The zero-order chi connectivity index (χ0) is 10.3. The molecule has 0 fully saturated rings. The molecule has 1 heteroatoms. The maximum absolute atomic E-state index is 5.90. The van der Waals surface area contributed by atoms with Crippen LogP contribution in [0.5, 0.6) is 5.75 Å². The van der Waals surface area contributed by atoms with Crippen molar-refractivity contribution in [2.24, 2.45) is 0 Å². The first-order valence-corrected chi connectivity index (χ1v) is 5.83. The van der Waals surface area contributed by atoms with Gasteiger partial charge in [0.15, 0.2) is 0 Å². The lowest BCUT2D eigenvalue weighted by atomic mass is 10.0. The van der Waals surface area contributed by atoms with Gasteiger partial charge in [-0.2, -0.15) is 0 Å². The van der Waals surface area contributed by atoms with Crippen molar-refractivity contribution < 1.29 is 4.74 Å². The van der Waals surface area contributed by atoms with Crippen molar-refractivity contribution in [3.05, 3.63) is 42.5 Å². The Labute approximate surface area is 91.8 Å². The second-order valence-corrected chi connectivity index (χ2v) is 4.04. The van der Waals surface area contributed by atoms with Crippen LogP contribution in [0.15, 0.2) is 42.5 Å². The first-order chi connectivity index (χ1) is 7.45. The highest BCUT2D eigenvalue weighted by Gasteiger charge is 2.07. The number of rotatable bonds is 2. The predicted octanol–water partition coefficient (Wildman–Crippen LogP) is 3.95. The normalized spacial score (nSPS) is 21.7. The molecule has 1 nitrogen and oxygen atoms in total. The molecule has 1 aliphatic rings. The third-order valence-corrected chi connectivity index (χ3v) is 2.74. The molecule has 1 aromatic carbocycles. The summed E-state index contributed by atoms with van der Waals surface area (Å²) in [7, 11) is 0. The first-order valence-electron chi connectivity index (χ1n) is 5.83. The Bertz CT molecular complexity index is 302. The number of hydrogen-bond acceptors (Lipinski definition) is 1. The largest absolute Gasteiger partial charge is 0.486 e. The quantitative estimate of drug-likeness (QED) is 0.660. The number of hydrogen-bond donors (Lipinski definition) is 0. The van der Waals surface area contributed by atoms with Crippen molar-refractivity contribution in [3.63, 3.8) is 0 Å². The van der Waals surface area contributed by atoms with E-state index in [0.29, 0.717) is 0 Å². The third kappa shape index (κ3) is 3.43. The maximum Gasteiger partial charge on any atom is 0.120 e. The van der Waals surface area contributed by atoms with Crippen molar-refractivity contribution in [3.8, 4) is 5.75 Å². The summed E-state index contributed by atoms with van der Waals surface area (Å²) in [6.45, 7) is 0. The van der Waals surface area contributed by atoms with E-state index in [1.165, 1.54) is 25.7 Å². The Morgan fingerprint density at radius 3 is 2.73 bits per heavy atom. The molecule has 0 aromatic heterocycles. The molecule has 80 valence electrons. The summed E-state index contributed by atoms with van der Waals surface area (Å²) in [5, 5.41) is 0. The van der Waals surface area contributed by atoms with Gasteiger partial charge in [-0.25, -0.2) is 0 Å². The average molecular weight is 202 g/mol. The van der Waals surface area contributed by atoms with Gasteiger partial charge >= 0.3 is 0 Å². The summed E-state index contributed by atoms with van der Waals surface area (Å²) in [6.07, 6.45) is 11.0. The summed E-state index contributed by atoms with van der Waals surface area (Å²) in [5.74, 6) is 0.979. The van der Waals surface area contributed by atoms with E-state index in [1.807, 2.05) is 30.3 Å². The fourth-order valence-corrected chi connectivity index (χ4v) is 1.90. The van der Waals surface area contributed by atoms with Crippen molar-refractivity contribution in [1.29, 1.82) is 0 Å². The van der Waals surface area contributed by atoms with Gasteiger partial charge < -0.3 is 4.74 Å².